The van der Waals surface area contributed by atoms with Gasteiger partial charge in [-0.2, -0.15) is 0 Å². The van der Waals surface area contributed by atoms with Crippen LogP contribution in [-0.2, 0) is 0 Å². The molecule has 0 saturated carbocycles. The van der Waals surface area contributed by atoms with Gasteiger partial charge in [-0.05, 0) is 23.3 Å². The molecule has 4 rings (SSSR count). The largest absolute Gasteiger partial charge is 0.506 e. The van der Waals surface area contributed by atoms with Gasteiger partial charge in [0, 0.05) is 11.6 Å². The Morgan fingerprint density at radius 3 is 1.70 bits per heavy atom. The number of hydrogen-bond acceptors (Lipinski definition) is 2. The number of hydrogen-bond donors (Lipinski definition) is 1. The summed E-state index contributed by atoms with van der Waals surface area (Å²) in [7, 11) is 0. The second kappa shape index (κ2) is 7.23. The summed E-state index contributed by atoms with van der Waals surface area (Å²) in [5.74, 6) is 0.239. The molecule has 0 aliphatic carbocycles. The predicted octanol–water partition coefficient (Wildman–Crippen LogP) is 5.29. The second-order valence-corrected chi connectivity index (χ2v) is 5.08. The van der Waals surface area contributed by atoms with Gasteiger partial charge in [0.2, 0.25) is 0 Å². The molecule has 1 aromatic heterocycles. The van der Waals surface area contributed by atoms with Crippen molar-refractivity contribution in [1.82, 2.24) is 4.98 Å². The standard InChI is InChI=1S/C12H10.C9H7NO/c1-3-7-11(8-4-1)12-9-5-2-6-10-12;11-8-5-1-3-7-4-2-6-10-9(7)8/h1-10H;1-6,11H. The van der Waals surface area contributed by atoms with E-state index < -0.39 is 0 Å². The lowest BCUT2D eigenvalue weighted by Crippen LogP contribution is -1.76. The molecule has 4 aromatic rings. The zero-order valence-electron chi connectivity index (χ0n) is 12.6. The molecule has 1 N–H and O–H groups in total. The third-order valence-corrected chi connectivity index (χ3v) is 3.49. The monoisotopic (exact) mass is 299 g/mol. The van der Waals surface area contributed by atoms with E-state index in [4.69, 9.17) is 0 Å². The molecule has 112 valence electrons. The van der Waals surface area contributed by atoms with Crippen molar-refractivity contribution in [3.05, 3.63) is 97.2 Å². The highest BCUT2D eigenvalue weighted by atomic mass is 16.3. The topological polar surface area (TPSA) is 33.1 Å². The van der Waals surface area contributed by atoms with Crippen LogP contribution in [0, 0.1) is 0 Å². The van der Waals surface area contributed by atoms with Crippen LogP contribution in [0.5, 0.6) is 5.75 Å². The number of phenolic OH excluding ortho intramolecular Hbond substituents is 1. The molecule has 0 bridgehead atoms. The Morgan fingerprint density at radius 1 is 0.565 bits per heavy atom. The van der Waals surface area contributed by atoms with Crippen molar-refractivity contribution in [3.8, 4) is 16.9 Å². The number of aromatic hydroxyl groups is 1. The summed E-state index contributed by atoms with van der Waals surface area (Å²) in [4.78, 5) is 4.03. The van der Waals surface area contributed by atoms with Gasteiger partial charge in [0.1, 0.15) is 11.3 Å². The van der Waals surface area contributed by atoms with E-state index in [2.05, 4.69) is 53.5 Å². The maximum absolute atomic E-state index is 9.31. The van der Waals surface area contributed by atoms with Gasteiger partial charge >= 0.3 is 0 Å². The molecule has 23 heavy (non-hydrogen) atoms. The molecule has 0 spiro atoms. The average molecular weight is 299 g/mol. The lowest BCUT2D eigenvalue weighted by Gasteiger charge is -1.98. The minimum Gasteiger partial charge on any atom is -0.506 e. The minimum atomic E-state index is 0.239. The van der Waals surface area contributed by atoms with Crippen molar-refractivity contribution in [2.45, 2.75) is 0 Å². The lowest BCUT2D eigenvalue weighted by molar-refractivity contribution is 0.480. The van der Waals surface area contributed by atoms with Gasteiger partial charge in [-0.1, -0.05) is 78.9 Å². The summed E-state index contributed by atoms with van der Waals surface area (Å²) >= 11 is 0. The summed E-state index contributed by atoms with van der Waals surface area (Å²) in [5.41, 5.74) is 3.21. The Kier molecular flexibility index (Phi) is 4.65. The normalized spacial score (nSPS) is 9.91. The molecule has 0 fully saturated rings. The summed E-state index contributed by atoms with van der Waals surface area (Å²) in [6.07, 6.45) is 1.67. The quantitative estimate of drug-likeness (QED) is 0.518. The third kappa shape index (κ3) is 3.74. The zero-order chi connectivity index (χ0) is 15.9. The van der Waals surface area contributed by atoms with E-state index in [-0.39, 0.29) is 5.75 Å². The summed E-state index contributed by atoms with van der Waals surface area (Å²) in [6, 6.07) is 29.9. The van der Waals surface area contributed by atoms with Crippen LogP contribution in [0.2, 0.25) is 0 Å². The molecule has 0 saturated heterocycles. The first-order valence-corrected chi connectivity index (χ1v) is 7.48. The molecule has 0 aliphatic heterocycles. The molecule has 2 heteroatoms. The van der Waals surface area contributed by atoms with Crippen LogP contribution >= 0.6 is 0 Å². The SMILES string of the molecule is Oc1cccc2cccnc12.c1ccc(-c2ccccc2)cc1. The Labute approximate surface area is 135 Å². The van der Waals surface area contributed by atoms with Crippen LogP contribution in [0.15, 0.2) is 97.2 Å². The van der Waals surface area contributed by atoms with Crippen molar-refractivity contribution >= 4 is 10.9 Å². The number of pyridine rings is 1. The minimum absolute atomic E-state index is 0.239. The Bertz CT molecular complexity index is 831. The van der Waals surface area contributed by atoms with Crippen LogP contribution < -0.4 is 0 Å². The van der Waals surface area contributed by atoms with E-state index in [0.717, 1.165) is 5.39 Å². The van der Waals surface area contributed by atoms with Gasteiger partial charge in [0.25, 0.3) is 0 Å². The van der Waals surface area contributed by atoms with Gasteiger partial charge in [0.15, 0.2) is 0 Å². The first-order valence-electron chi connectivity index (χ1n) is 7.48. The van der Waals surface area contributed by atoms with Crippen LogP contribution in [0.1, 0.15) is 0 Å². The first-order chi connectivity index (χ1) is 11.3. The first kappa shape index (κ1) is 14.8. The third-order valence-electron chi connectivity index (χ3n) is 3.49. The van der Waals surface area contributed by atoms with Crippen molar-refractivity contribution in [2.24, 2.45) is 0 Å². The number of nitrogens with zero attached hydrogens (tertiary/aromatic N) is 1. The smallest absolute Gasteiger partial charge is 0.141 e. The summed E-state index contributed by atoms with van der Waals surface area (Å²) in [5, 5.41) is 10.3. The van der Waals surface area contributed by atoms with E-state index in [0.29, 0.717) is 5.52 Å². The summed E-state index contributed by atoms with van der Waals surface area (Å²) < 4.78 is 0. The Balaban J connectivity index is 0.000000136. The Hall–Kier alpha value is -3.13. The van der Waals surface area contributed by atoms with Crippen molar-refractivity contribution in [2.75, 3.05) is 0 Å². The number of rotatable bonds is 1. The highest BCUT2D eigenvalue weighted by Gasteiger charge is 1.96. The highest BCUT2D eigenvalue weighted by Crippen LogP contribution is 2.20. The van der Waals surface area contributed by atoms with Gasteiger partial charge in [0.05, 0.1) is 0 Å². The fourth-order valence-electron chi connectivity index (χ4n) is 2.35. The highest BCUT2D eigenvalue weighted by molar-refractivity contribution is 5.83. The number of aromatic nitrogens is 1. The van der Waals surface area contributed by atoms with E-state index in [1.807, 2.05) is 30.3 Å². The van der Waals surface area contributed by atoms with Gasteiger partial charge < -0.3 is 5.11 Å². The van der Waals surface area contributed by atoms with E-state index in [1.165, 1.54) is 11.1 Å². The molecule has 0 unspecified atom stereocenters. The van der Waals surface area contributed by atoms with Gasteiger partial charge in [-0.15, -0.1) is 0 Å². The fourth-order valence-corrected chi connectivity index (χ4v) is 2.35. The number of para-hydroxylation sites is 1. The van der Waals surface area contributed by atoms with E-state index in [9.17, 15) is 5.11 Å². The van der Waals surface area contributed by atoms with Gasteiger partial charge in [-0.3, -0.25) is 4.98 Å². The van der Waals surface area contributed by atoms with Crippen LogP contribution in [-0.4, -0.2) is 10.1 Å². The molecule has 0 aliphatic rings. The van der Waals surface area contributed by atoms with Crippen molar-refractivity contribution in [3.63, 3.8) is 0 Å². The molecule has 0 amide bonds. The van der Waals surface area contributed by atoms with E-state index in [1.54, 1.807) is 18.3 Å². The number of phenols is 1. The average Bonchev–Trinajstić information content (AvgIpc) is 2.64. The predicted molar refractivity (Wildman–Crippen MR) is 95.3 cm³/mol. The maximum atomic E-state index is 9.31. The zero-order valence-corrected chi connectivity index (χ0v) is 12.6. The maximum Gasteiger partial charge on any atom is 0.141 e. The molecule has 1 heterocycles. The van der Waals surface area contributed by atoms with Crippen molar-refractivity contribution in [1.29, 1.82) is 0 Å². The second-order valence-electron chi connectivity index (χ2n) is 5.08. The Morgan fingerprint density at radius 2 is 1.13 bits per heavy atom. The fraction of sp³-hybridized carbons (Fsp3) is 0. The van der Waals surface area contributed by atoms with Crippen LogP contribution in [0.25, 0.3) is 22.0 Å². The van der Waals surface area contributed by atoms with Crippen LogP contribution in [0.3, 0.4) is 0 Å². The molecule has 0 radical (unpaired) electrons. The van der Waals surface area contributed by atoms with Crippen molar-refractivity contribution < 1.29 is 5.11 Å². The molecular weight excluding hydrogens is 282 g/mol. The van der Waals surface area contributed by atoms with E-state index >= 15 is 0 Å². The molecule has 0 atom stereocenters. The van der Waals surface area contributed by atoms with Gasteiger partial charge in [-0.25, -0.2) is 0 Å². The number of benzene rings is 3. The summed E-state index contributed by atoms with van der Waals surface area (Å²) in [6.45, 7) is 0. The van der Waals surface area contributed by atoms with Crippen LogP contribution in [0.4, 0.5) is 0 Å². The lowest BCUT2D eigenvalue weighted by atomic mass is 10.1. The molecule has 3 aromatic carbocycles. The molecule has 2 nitrogen and oxygen atoms in total. The number of fused-ring (bicyclic) bond motifs is 1. The molecular formula is C21H17NO.